The Bertz CT molecular complexity index is 794. The van der Waals surface area contributed by atoms with E-state index in [-0.39, 0.29) is 5.91 Å². The Morgan fingerprint density at radius 3 is 2.62 bits per heavy atom. The number of carbonyl (C=O) groups is 1. The summed E-state index contributed by atoms with van der Waals surface area (Å²) in [5, 5.41) is -0.187. The molecule has 4 rings (SSSR count). The number of methoxy groups -OCH3 is 1. The summed E-state index contributed by atoms with van der Waals surface area (Å²) in [6, 6.07) is 16.0. The molecule has 2 aromatic rings. The molecule has 2 aliphatic rings. The fraction of sp³-hybridized carbons (Fsp3) is 0.316. The van der Waals surface area contributed by atoms with Gasteiger partial charge >= 0.3 is 0 Å². The quantitative estimate of drug-likeness (QED) is 0.587. The second kappa shape index (κ2) is 5.71. The van der Waals surface area contributed by atoms with E-state index < -0.39 is 10.9 Å². The minimum atomic E-state index is -0.542. The second-order valence-electron chi connectivity index (χ2n) is 6.29. The van der Waals surface area contributed by atoms with E-state index in [2.05, 4.69) is 13.0 Å². The Morgan fingerprint density at radius 2 is 1.92 bits per heavy atom. The van der Waals surface area contributed by atoms with Gasteiger partial charge in [0.25, 0.3) is 0 Å². The molecule has 0 saturated carbocycles. The van der Waals surface area contributed by atoms with E-state index in [9.17, 15) is 4.79 Å². The lowest BCUT2D eigenvalue weighted by Crippen LogP contribution is -2.71. The molecule has 0 N–H and O–H groups in total. The largest absolute Gasteiger partial charge is 0.497 e. The third-order valence-corrected chi connectivity index (χ3v) is 6.59. The SMILES string of the molecule is COc1ccc([C@]23C[C@H](C)Sc4ccccc4N2C(=O)[C@H]3Cl)cc1. The molecule has 0 aromatic heterocycles. The van der Waals surface area contributed by atoms with Crippen molar-refractivity contribution >= 4 is 35.0 Å². The molecule has 1 amide bonds. The van der Waals surface area contributed by atoms with Gasteiger partial charge in [-0.05, 0) is 36.2 Å². The first-order chi connectivity index (χ1) is 11.6. The van der Waals surface area contributed by atoms with Gasteiger partial charge in [0.2, 0.25) is 5.91 Å². The first kappa shape index (κ1) is 15.9. The Balaban J connectivity index is 1.89. The number of amides is 1. The van der Waals surface area contributed by atoms with Crippen LogP contribution in [0.15, 0.2) is 53.4 Å². The molecule has 2 heterocycles. The van der Waals surface area contributed by atoms with Gasteiger partial charge < -0.3 is 4.74 Å². The summed E-state index contributed by atoms with van der Waals surface area (Å²) >= 11 is 8.42. The van der Waals surface area contributed by atoms with Gasteiger partial charge in [0.15, 0.2) is 0 Å². The van der Waals surface area contributed by atoms with Crippen molar-refractivity contribution in [3.05, 3.63) is 54.1 Å². The van der Waals surface area contributed by atoms with Crippen LogP contribution in [0.2, 0.25) is 0 Å². The molecule has 2 aliphatic heterocycles. The Hall–Kier alpha value is -1.65. The van der Waals surface area contributed by atoms with E-state index in [0.29, 0.717) is 5.25 Å². The number of halogens is 1. The lowest BCUT2D eigenvalue weighted by atomic mass is 9.73. The molecule has 5 heteroatoms. The predicted molar refractivity (Wildman–Crippen MR) is 98.2 cm³/mol. The fourth-order valence-electron chi connectivity index (χ4n) is 3.80. The molecular weight excluding hydrogens is 342 g/mol. The van der Waals surface area contributed by atoms with Crippen molar-refractivity contribution in [2.24, 2.45) is 0 Å². The van der Waals surface area contributed by atoms with Gasteiger partial charge in [0.05, 0.1) is 18.3 Å². The van der Waals surface area contributed by atoms with Crippen LogP contribution in [0.1, 0.15) is 18.9 Å². The van der Waals surface area contributed by atoms with Gasteiger partial charge in [0.1, 0.15) is 11.1 Å². The number of hydrogen-bond donors (Lipinski definition) is 0. The van der Waals surface area contributed by atoms with E-state index in [0.717, 1.165) is 28.3 Å². The predicted octanol–water partition coefficient (Wildman–Crippen LogP) is 4.43. The Morgan fingerprint density at radius 1 is 1.21 bits per heavy atom. The molecule has 0 spiro atoms. The van der Waals surface area contributed by atoms with E-state index in [4.69, 9.17) is 16.3 Å². The van der Waals surface area contributed by atoms with Crippen molar-refractivity contribution in [2.75, 3.05) is 12.0 Å². The summed E-state index contributed by atoms with van der Waals surface area (Å²) in [7, 11) is 1.65. The zero-order chi connectivity index (χ0) is 16.9. The normalized spacial score (nSPS) is 28.5. The molecule has 2 aromatic carbocycles. The van der Waals surface area contributed by atoms with Crippen LogP contribution < -0.4 is 9.64 Å². The van der Waals surface area contributed by atoms with Gasteiger partial charge in [-0.3, -0.25) is 9.69 Å². The van der Waals surface area contributed by atoms with Crippen LogP contribution in [0.5, 0.6) is 5.75 Å². The zero-order valence-corrected chi connectivity index (χ0v) is 15.1. The molecule has 0 radical (unpaired) electrons. The van der Waals surface area contributed by atoms with E-state index >= 15 is 0 Å². The highest BCUT2D eigenvalue weighted by Crippen LogP contribution is 2.56. The van der Waals surface area contributed by atoms with E-state index in [1.165, 1.54) is 0 Å². The van der Waals surface area contributed by atoms with Crippen LogP contribution in [0.3, 0.4) is 0 Å². The number of rotatable bonds is 2. The molecular formula is C19H18ClNO2S. The third kappa shape index (κ3) is 2.09. The van der Waals surface area contributed by atoms with Gasteiger partial charge in [-0.1, -0.05) is 31.2 Å². The number of benzene rings is 2. The molecule has 24 heavy (non-hydrogen) atoms. The summed E-state index contributed by atoms with van der Waals surface area (Å²) in [6.07, 6.45) is 0.818. The van der Waals surface area contributed by atoms with Crippen LogP contribution in [0.25, 0.3) is 0 Å². The van der Waals surface area contributed by atoms with Crippen LogP contribution in [-0.4, -0.2) is 23.6 Å². The van der Waals surface area contributed by atoms with Crippen molar-refractivity contribution in [3.63, 3.8) is 0 Å². The minimum Gasteiger partial charge on any atom is -0.497 e. The van der Waals surface area contributed by atoms with Crippen molar-refractivity contribution in [1.29, 1.82) is 0 Å². The standard InChI is InChI=1S/C19H18ClNO2S/c1-12-11-19(13-7-9-14(23-2)10-8-13)17(20)18(22)21(19)15-5-3-4-6-16(15)24-12/h3-10,12,17H,11H2,1-2H3/t12-,17+,19-/m0/s1. The molecule has 3 atom stereocenters. The summed E-state index contributed by atoms with van der Waals surface area (Å²) in [5.74, 6) is 0.782. The highest BCUT2D eigenvalue weighted by molar-refractivity contribution is 8.00. The van der Waals surface area contributed by atoms with Crippen LogP contribution in [0.4, 0.5) is 5.69 Å². The molecule has 0 aliphatic carbocycles. The number of hydrogen-bond acceptors (Lipinski definition) is 3. The zero-order valence-electron chi connectivity index (χ0n) is 13.5. The van der Waals surface area contributed by atoms with Crippen LogP contribution in [0, 0.1) is 0 Å². The molecule has 0 bridgehead atoms. The maximum atomic E-state index is 12.7. The number of ether oxygens (including phenoxy) is 1. The average Bonchev–Trinajstić information content (AvgIpc) is 2.73. The average molecular weight is 360 g/mol. The number of alkyl halides is 1. The lowest BCUT2D eigenvalue weighted by Gasteiger charge is -2.55. The van der Waals surface area contributed by atoms with Gasteiger partial charge in [-0.25, -0.2) is 0 Å². The summed E-state index contributed by atoms with van der Waals surface area (Å²) in [5.41, 5.74) is 1.53. The topological polar surface area (TPSA) is 29.5 Å². The maximum absolute atomic E-state index is 12.7. The smallest absolute Gasteiger partial charge is 0.248 e. The van der Waals surface area contributed by atoms with Crippen LogP contribution in [-0.2, 0) is 10.3 Å². The number of carbonyl (C=O) groups excluding carboxylic acids is 1. The molecule has 1 fully saturated rings. The monoisotopic (exact) mass is 359 g/mol. The van der Waals surface area contributed by atoms with Crippen molar-refractivity contribution in [3.8, 4) is 5.75 Å². The third-order valence-electron chi connectivity index (χ3n) is 4.88. The number of anilines is 1. The van der Waals surface area contributed by atoms with Crippen LogP contribution >= 0.6 is 23.4 Å². The lowest BCUT2D eigenvalue weighted by molar-refractivity contribution is -0.127. The number of β-lactam (4-membered cyclic amide) rings is 1. The molecule has 3 nitrogen and oxygen atoms in total. The fourth-order valence-corrected chi connectivity index (χ4v) is 5.42. The first-order valence-electron chi connectivity index (χ1n) is 7.96. The van der Waals surface area contributed by atoms with E-state index in [1.54, 1.807) is 7.11 Å². The number of nitrogens with zero attached hydrogens (tertiary/aromatic N) is 1. The van der Waals surface area contributed by atoms with Gasteiger partial charge in [0, 0.05) is 10.1 Å². The maximum Gasteiger partial charge on any atom is 0.248 e. The summed E-state index contributed by atoms with van der Waals surface area (Å²) < 4.78 is 5.27. The Labute approximate surface area is 150 Å². The number of para-hydroxylation sites is 1. The summed E-state index contributed by atoms with van der Waals surface area (Å²) in [6.45, 7) is 2.20. The van der Waals surface area contributed by atoms with Crippen molar-refractivity contribution in [2.45, 2.75) is 34.4 Å². The van der Waals surface area contributed by atoms with Crippen molar-refractivity contribution < 1.29 is 9.53 Å². The second-order valence-corrected chi connectivity index (χ2v) is 8.21. The summed E-state index contributed by atoms with van der Waals surface area (Å²) in [4.78, 5) is 15.7. The molecule has 0 unspecified atom stereocenters. The number of fused-ring (bicyclic) bond motifs is 3. The van der Waals surface area contributed by atoms with Crippen molar-refractivity contribution in [1.82, 2.24) is 0 Å². The molecule has 1 saturated heterocycles. The first-order valence-corrected chi connectivity index (χ1v) is 9.28. The van der Waals surface area contributed by atoms with Gasteiger partial charge in [-0.15, -0.1) is 23.4 Å². The van der Waals surface area contributed by atoms with Gasteiger partial charge in [-0.2, -0.15) is 0 Å². The molecule has 124 valence electrons. The highest BCUT2D eigenvalue weighted by Gasteiger charge is 2.62. The van der Waals surface area contributed by atoms with E-state index in [1.807, 2.05) is 59.1 Å². The number of thioether (sulfide) groups is 1. The Kier molecular flexibility index (Phi) is 3.77. The minimum absolute atomic E-state index is 0.0189. The highest BCUT2D eigenvalue weighted by atomic mass is 35.5.